The van der Waals surface area contributed by atoms with Gasteiger partial charge in [-0.25, -0.2) is 0 Å². The number of hydrogen-bond donors (Lipinski definition) is 1. The van der Waals surface area contributed by atoms with Crippen molar-refractivity contribution in [2.75, 3.05) is 13.2 Å². The molecular weight excluding hydrogens is 412 g/mol. The number of carbonyl (C=O) groups excluding carboxylic acids is 1. The Morgan fingerprint density at radius 3 is 2.39 bits per heavy atom. The summed E-state index contributed by atoms with van der Waals surface area (Å²) in [6, 6.07) is 0. The van der Waals surface area contributed by atoms with Gasteiger partial charge in [-0.1, -0.05) is 54.4 Å². The molecule has 11 atom stereocenters. The molecule has 5 fully saturated rings. The van der Waals surface area contributed by atoms with Gasteiger partial charge < -0.3 is 14.6 Å². The van der Waals surface area contributed by atoms with Crippen molar-refractivity contribution in [3.05, 3.63) is 0 Å². The summed E-state index contributed by atoms with van der Waals surface area (Å²) in [5.74, 6) is 2.93. The van der Waals surface area contributed by atoms with E-state index >= 15 is 0 Å². The minimum atomic E-state index is -0.295. The molecule has 190 valence electrons. The van der Waals surface area contributed by atoms with Gasteiger partial charge in [0.25, 0.3) is 0 Å². The van der Waals surface area contributed by atoms with Crippen molar-refractivity contribution in [2.24, 2.45) is 51.8 Å². The molecule has 1 saturated heterocycles. The molecule has 0 radical (unpaired) electrons. The lowest BCUT2D eigenvalue weighted by Crippen LogP contribution is -2.69. The number of carbonyl (C=O) groups is 1. The maximum atomic E-state index is 12.0. The van der Waals surface area contributed by atoms with Gasteiger partial charge in [-0.15, -0.1) is 0 Å². The minimum absolute atomic E-state index is 0.0249. The summed E-state index contributed by atoms with van der Waals surface area (Å²) in [7, 11) is 0. The molecule has 1 heterocycles. The van der Waals surface area contributed by atoms with E-state index in [1.807, 2.05) is 13.8 Å². The fraction of sp³-hybridized carbons (Fsp3) is 0.966. The van der Waals surface area contributed by atoms with Crippen LogP contribution in [-0.2, 0) is 14.3 Å². The number of esters is 1. The summed E-state index contributed by atoms with van der Waals surface area (Å²) < 4.78 is 12.0. The normalized spacial score (nSPS) is 53.2. The first-order valence-corrected chi connectivity index (χ1v) is 14.1. The van der Waals surface area contributed by atoms with Crippen LogP contribution in [0.1, 0.15) is 99.8 Å². The predicted octanol–water partition coefficient (Wildman–Crippen LogP) is 6.25. The van der Waals surface area contributed by atoms with Crippen LogP contribution in [0.15, 0.2) is 0 Å². The Kier molecular flexibility index (Phi) is 7.04. The highest BCUT2D eigenvalue weighted by atomic mass is 16.5. The third kappa shape index (κ3) is 3.72. The fourth-order valence-electron chi connectivity index (χ4n) is 10.3. The van der Waals surface area contributed by atoms with Gasteiger partial charge in [0.2, 0.25) is 0 Å². The molecule has 0 aromatic carbocycles. The Balaban J connectivity index is 0.00000126. The summed E-state index contributed by atoms with van der Waals surface area (Å²) in [5, 5.41) is 11.8. The van der Waals surface area contributed by atoms with Crippen LogP contribution < -0.4 is 0 Å². The third-order valence-electron chi connectivity index (χ3n) is 11.7. The van der Waals surface area contributed by atoms with Crippen molar-refractivity contribution < 1.29 is 19.4 Å². The molecule has 4 heteroatoms. The van der Waals surface area contributed by atoms with Crippen LogP contribution in [0, 0.1) is 51.8 Å². The van der Waals surface area contributed by atoms with E-state index in [4.69, 9.17) is 9.47 Å². The van der Waals surface area contributed by atoms with E-state index < -0.39 is 0 Å². The first-order valence-electron chi connectivity index (χ1n) is 14.1. The molecule has 0 spiro atoms. The van der Waals surface area contributed by atoms with Crippen molar-refractivity contribution in [3.63, 3.8) is 0 Å². The lowest BCUT2D eigenvalue weighted by Gasteiger charge is -2.71. The highest BCUT2D eigenvalue weighted by Gasteiger charge is 2.69. The molecular formula is C29H50O4. The summed E-state index contributed by atoms with van der Waals surface area (Å²) >= 11 is 0. The van der Waals surface area contributed by atoms with Crippen LogP contribution in [0.25, 0.3) is 0 Å². The highest BCUT2D eigenvalue weighted by Crippen LogP contribution is 2.72. The summed E-state index contributed by atoms with van der Waals surface area (Å²) in [6.45, 7) is 16.9. The van der Waals surface area contributed by atoms with Gasteiger partial charge in [0.05, 0.1) is 12.7 Å². The van der Waals surface area contributed by atoms with E-state index in [1.165, 1.54) is 32.1 Å². The summed E-state index contributed by atoms with van der Waals surface area (Å²) in [4.78, 5) is 12.0. The molecule has 4 saturated carbocycles. The Bertz CT molecular complexity index is 722. The quantitative estimate of drug-likeness (QED) is 0.468. The van der Waals surface area contributed by atoms with Crippen molar-refractivity contribution in [3.8, 4) is 0 Å². The molecule has 5 aliphatic rings. The van der Waals surface area contributed by atoms with Crippen LogP contribution in [0.5, 0.6) is 0 Å². The third-order valence-corrected chi connectivity index (χ3v) is 11.7. The maximum absolute atomic E-state index is 12.0. The second-order valence-electron chi connectivity index (χ2n) is 12.8. The van der Waals surface area contributed by atoms with Gasteiger partial charge in [-0.2, -0.15) is 0 Å². The van der Waals surface area contributed by atoms with E-state index in [9.17, 15) is 9.90 Å². The zero-order chi connectivity index (χ0) is 24.2. The average molecular weight is 463 g/mol. The summed E-state index contributed by atoms with van der Waals surface area (Å²) in [5.41, 5.74) is 0.359. The van der Waals surface area contributed by atoms with Crippen LogP contribution in [0.3, 0.4) is 0 Å². The SMILES string of the molecule is CC.CC(=O)OC1CC2C3(C)CCC4C(C)CCCC4(C)C3CC(O)C2(C)[C@H]2COCCC12. The average Bonchev–Trinajstić information content (AvgIpc) is 2.78. The molecule has 0 aromatic rings. The number of fused-ring (bicyclic) bond motifs is 7. The van der Waals surface area contributed by atoms with E-state index in [0.29, 0.717) is 29.8 Å². The van der Waals surface area contributed by atoms with Crippen LogP contribution in [0.4, 0.5) is 0 Å². The molecule has 0 bridgehead atoms. The smallest absolute Gasteiger partial charge is 0.302 e. The second kappa shape index (κ2) is 9.12. The number of aliphatic hydroxyl groups excluding tert-OH is 1. The molecule has 4 nitrogen and oxygen atoms in total. The van der Waals surface area contributed by atoms with E-state index in [2.05, 4.69) is 27.7 Å². The number of hydrogen-bond acceptors (Lipinski definition) is 4. The largest absolute Gasteiger partial charge is 0.462 e. The van der Waals surface area contributed by atoms with Crippen molar-refractivity contribution >= 4 is 5.97 Å². The molecule has 33 heavy (non-hydrogen) atoms. The van der Waals surface area contributed by atoms with Gasteiger partial charge in [-0.05, 0) is 78.9 Å². The number of ether oxygens (including phenoxy) is 2. The Morgan fingerprint density at radius 2 is 1.70 bits per heavy atom. The second-order valence-corrected chi connectivity index (χ2v) is 12.8. The van der Waals surface area contributed by atoms with Gasteiger partial charge in [0.1, 0.15) is 6.10 Å². The number of aliphatic hydroxyl groups is 1. The molecule has 10 unspecified atom stereocenters. The molecule has 0 aromatic heterocycles. The topological polar surface area (TPSA) is 55.8 Å². The van der Waals surface area contributed by atoms with Gasteiger partial charge in [0, 0.05) is 24.9 Å². The zero-order valence-corrected chi connectivity index (χ0v) is 22.4. The van der Waals surface area contributed by atoms with E-state index in [-0.39, 0.29) is 34.9 Å². The van der Waals surface area contributed by atoms with Crippen LogP contribution >= 0.6 is 0 Å². The van der Waals surface area contributed by atoms with Crippen molar-refractivity contribution in [1.29, 1.82) is 0 Å². The monoisotopic (exact) mass is 462 g/mol. The number of rotatable bonds is 1. The predicted molar refractivity (Wildman–Crippen MR) is 132 cm³/mol. The van der Waals surface area contributed by atoms with Gasteiger partial charge in [-0.3, -0.25) is 4.79 Å². The molecule has 4 aliphatic carbocycles. The minimum Gasteiger partial charge on any atom is -0.462 e. The first kappa shape index (κ1) is 25.5. The van der Waals surface area contributed by atoms with Crippen LogP contribution in [-0.4, -0.2) is 36.5 Å². The van der Waals surface area contributed by atoms with Crippen molar-refractivity contribution in [2.45, 2.75) is 112 Å². The Morgan fingerprint density at radius 1 is 0.970 bits per heavy atom. The van der Waals surface area contributed by atoms with Crippen LogP contribution in [0.2, 0.25) is 0 Å². The van der Waals surface area contributed by atoms with Gasteiger partial charge >= 0.3 is 5.97 Å². The first-order chi connectivity index (χ1) is 15.6. The molecule has 5 rings (SSSR count). The van der Waals surface area contributed by atoms with E-state index in [0.717, 1.165) is 37.7 Å². The summed E-state index contributed by atoms with van der Waals surface area (Å²) in [6.07, 6.45) is 9.03. The Hall–Kier alpha value is -0.610. The molecule has 1 N–H and O–H groups in total. The van der Waals surface area contributed by atoms with Crippen molar-refractivity contribution in [1.82, 2.24) is 0 Å². The fourth-order valence-corrected chi connectivity index (χ4v) is 10.3. The van der Waals surface area contributed by atoms with E-state index in [1.54, 1.807) is 6.92 Å². The highest BCUT2D eigenvalue weighted by molar-refractivity contribution is 5.66. The maximum Gasteiger partial charge on any atom is 0.302 e. The lowest BCUT2D eigenvalue weighted by molar-refractivity contribution is -0.273. The molecule has 0 amide bonds. The lowest BCUT2D eigenvalue weighted by atomic mass is 9.34. The molecule has 1 aliphatic heterocycles. The van der Waals surface area contributed by atoms with Gasteiger partial charge in [0.15, 0.2) is 0 Å². The zero-order valence-electron chi connectivity index (χ0n) is 22.4. The standard InChI is InChI=1S/C27H44O4.C2H6/c1-16-7-6-10-25(3)19(16)8-11-26(4)22(25)14-24(29)27(5)20-15-30-12-9-18(20)21(13-23(26)27)31-17(2)28;1-2/h16,18-24,29H,6-15H2,1-5H3;1-2H3/t16?,18?,19?,20-,21?,22?,23?,24?,25?,26?,27?;/m0./s1. The Labute approximate surface area is 202 Å².